The van der Waals surface area contributed by atoms with Gasteiger partial charge >= 0.3 is 0 Å². The van der Waals surface area contributed by atoms with Gasteiger partial charge in [-0.05, 0) is 61.6 Å². The lowest BCUT2D eigenvalue weighted by Crippen LogP contribution is -2.36. The van der Waals surface area contributed by atoms with Crippen LogP contribution in [0.25, 0.3) is 0 Å². The van der Waals surface area contributed by atoms with Gasteiger partial charge in [0.1, 0.15) is 5.78 Å². The first kappa shape index (κ1) is 20.5. The van der Waals surface area contributed by atoms with Crippen LogP contribution in [0.4, 0.5) is 17.1 Å². The smallest absolute Gasteiger partial charge is 0.145 e. The van der Waals surface area contributed by atoms with Gasteiger partial charge in [-0.2, -0.15) is 0 Å². The van der Waals surface area contributed by atoms with Crippen molar-refractivity contribution in [2.45, 2.75) is 47.1 Å². The second kappa shape index (κ2) is 7.82. The van der Waals surface area contributed by atoms with Crippen LogP contribution in [0.15, 0.2) is 54.2 Å². The van der Waals surface area contributed by atoms with Crippen molar-refractivity contribution in [2.75, 3.05) is 28.6 Å². The second-order valence-corrected chi connectivity index (χ2v) is 9.27. The van der Waals surface area contributed by atoms with Gasteiger partial charge < -0.3 is 15.5 Å². The zero-order chi connectivity index (χ0) is 21.5. The highest BCUT2D eigenvalue weighted by Crippen LogP contribution is 2.45. The first-order valence-corrected chi connectivity index (χ1v) is 11.1. The molecule has 0 unspecified atom stereocenters. The van der Waals surface area contributed by atoms with Gasteiger partial charge in [-0.25, -0.2) is 0 Å². The third-order valence-electron chi connectivity index (χ3n) is 6.34. The lowest BCUT2D eigenvalue weighted by atomic mass is 9.72. The van der Waals surface area contributed by atoms with Crippen molar-refractivity contribution in [1.29, 1.82) is 0 Å². The van der Waals surface area contributed by atoms with E-state index in [2.05, 4.69) is 98.7 Å². The number of aryl methyl sites for hydroxylation is 1. The molecule has 1 aliphatic heterocycles. The summed E-state index contributed by atoms with van der Waals surface area (Å²) in [7, 11) is 0. The van der Waals surface area contributed by atoms with Crippen LogP contribution in [-0.4, -0.2) is 18.9 Å². The molecule has 0 aromatic heterocycles. The highest BCUT2D eigenvalue weighted by atomic mass is 16.1. The molecule has 30 heavy (non-hydrogen) atoms. The fraction of sp³-hybridized carbons (Fsp3) is 0.423. The molecule has 2 aromatic rings. The van der Waals surface area contributed by atoms with Crippen LogP contribution >= 0.6 is 0 Å². The van der Waals surface area contributed by atoms with E-state index in [0.717, 1.165) is 35.7 Å². The van der Waals surface area contributed by atoms with E-state index in [1.165, 1.54) is 11.3 Å². The van der Waals surface area contributed by atoms with Gasteiger partial charge in [0.15, 0.2) is 0 Å². The minimum absolute atomic E-state index is 0.0962. The minimum atomic E-state index is -0.218. The number of Topliss-reactive ketones (excluding diaryl/α,β-unsaturated/α-hetero) is 1. The second-order valence-electron chi connectivity index (χ2n) is 9.27. The first-order chi connectivity index (χ1) is 14.3. The van der Waals surface area contributed by atoms with E-state index in [9.17, 15) is 4.79 Å². The fourth-order valence-electron chi connectivity index (χ4n) is 4.82. The molecular weight excluding hydrogens is 370 g/mol. The van der Waals surface area contributed by atoms with Crippen LogP contribution in [-0.2, 0) is 4.79 Å². The van der Waals surface area contributed by atoms with Gasteiger partial charge in [0, 0.05) is 30.9 Å². The number of hydrogen-bond acceptors (Lipinski definition) is 4. The molecule has 0 radical (unpaired) electrons. The van der Waals surface area contributed by atoms with Crippen LogP contribution in [0.5, 0.6) is 0 Å². The number of nitrogens with one attached hydrogen (secondary N) is 2. The average molecular weight is 404 g/mol. The fourth-order valence-corrected chi connectivity index (χ4v) is 4.82. The zero-order valence-electron chi connectivity index (χ0n) is 18.8. The van der Waals surface area contributed by atoms with Crippen LogP contribution in [0, 0.1) is 18.3 Å². The maximum atomic E-state index is 13.3. The van der Waals surface area contributed by atoms with Crippen LogP contribution in [0.3, 0.4) is 0 Å². The molecule has 0 saturated carbocycles. The van der Waals surface area contributed by atoms with E-state index in [4.69, 9.17) is 0 Å². The molecular formula is C26H33N3O. The number of rotatable bonds is 4. The zero-order valence-corrected chi connectivity index (χ0v) is 18.8. The molecule has 4 nitrogen and oxygen atoms in total. The summed E-state index contributed by atoms with van der Waals surface area (Å²) in [6, 6.07) is 15.0. The van der Waals surface area contributed by atoms with Crippen molar-refractivity contribution in [1.82, 2.24) is 0 Å². The van der Waals surface area contributed by atoms with E-state index < -0.39 is 0 Å². The van der Waals surface area contributed by atoms with Crippen molar-refractivity contribution >= 4 is 22.8 Å². The van der Waals surface area contributed by atoms with Crippen LogP contribution in [0.1, 0.15) is 51.3 Å². The third kappa shape index (κ3) is 3.83. The molecule has 1 heterocycles. The Morgan fingerprint density at radius 1 is 1.03 bits per heavy atom. The molecule has 2 aliphatic rings. The molecule has 158 valence electrons. The predicted molar refractivity (Wildman–Crippen MR) is 126 cm³/mol. The van der Waals surface area contributed by atoms with E-state index >= 15 is 0 Å². The molecule has 0 saturated heterocycles. The average Bonchev–Trinajstić information content (AvgIpc) is 2.85. The SMILES string of the molecule is CCN(CC)c1ccc([C@H]2Nc3cc(C)ccc3NC3=CC(C)(C)CC(=O)[C@@H]32)cc1. The van der Waals surface area contributed by atoms with Gasteiger partial charge in [-0.1, -0.05) is 38.1 Å². The Bertz CT molecular complexity index is 970. The monoisotopic (exact) mass is 403 g/mol. The van der Waals surface area contributed by atoms with E-state index in [0.29, 0.717) is 12.2 Å². The summed E-state index contributed by atoms with van der Waals surface area (Å²) in [5, 5.41) is 7.30. The van der Waals surface area contributed by atoms with Gasteiger partial charge in [-0.15, -0.1) is 0 Å². The van der Waals surface area contributed by atoms with Gasteiger partial charge in [0.2, 0.25) is 0 Å². The summed E-state index contributed by atoms with van der Waals surface area (Å²) < 4.78 is 0. The van der Waals surface area contributed by atoms with Crippen molar-refractivity contribution in [3.63, 3.8) is 0 Å². The minimum Gasteiger partial charge on any atom is -0.375 e. The molecule has 0 spiro atoms. The molecule has 2 atom stereocenters. The molecule has 2 aromatic carbocycles. The maximum Gasteiger partial charge on any atom is 0.145 e. The molecule has 0 fully saturated rings. The Morgan fingerprint density at radius 3 is 2.40 bits per heavy atom. The summed E-state index contributed by atoms with van der Waals surface area (Å²) in [6.45, 7) is 12.7. The molecule has 4 rings (SSSR count). The summed E-state index contributed by atoms with van der Waals surface area (Å²) in [5.74, 6) is 0.0740. The molecule has 0 bridgehead atoms. The Balaban J connectivity index is 1.79. The van der Waals surface area contributed by atoms with Crippen LogP contribution in [0.2, 0.25) is 0 Å². The Morgan fingerprint density at radius 2 is 1.73 bits per heavy atom. The number of ketones is 1. The van der Waals surface area contributed by atoms with Crippen molar-refractivity contribution < 1.29 is 4.79 Å². The number of benzene rings is 2. The summed E-state index contributed by atoms with van der Waals surface area (Å²) in [5.41, 5.74) is 6.53. The number of fused-ring (bicyclic) bond motifs is 2. The Labute approximate surface area is 180 Å². The van der Waals surface area contributed by atoms with Gasteiger partial charge in [0.25, 0.3) is 0 Å². The normalized spacial score (nSPS) is 22.0. The lowest BCUT2D eigenvalue weighted by Gasteiger charge is -2.35. The van der Waals surface area contributed by atoms with Crippen molar-refractivity contribution in [2.24, 2.45) is 11.3 Å². The first-order valence-electron chi connectivity index (χ1n) is 11.1. The van der Waals surface area contributed by atoms with Crippen LogP contribution < -0.4 is 15.5 Å². The summed E-state index contributed by atoms with van der Waals surface area (Å²) >= 11 is 0. The third-order valence-corrected chi connectivity index (χ3v) is 6.34. The Kier molecular flexibility index (Phi) is 5.35. The van der Waals surface area contributed by atoms with E-state index in [1.807, 2.05) is 0 Å². The predicted octanol–water partition coefficient (Wildman–Crippen LogP) is 5.92. The number of hydrogen-bond donors (Lipinski definition) is 2. The van der Waals surface area contributed by atoms with E-state index in [-0.39, 0.29) is 17.4 Å². The van der Waals surface area contributed by atoms with E-state index in [1.54, 1.807) is 0 Å². The van der Waals surface area contributed by atoms with Crippen molar-refractivity contribution in [3.05, 3.63) is 65.4 Å². The lowest BCUT2D eigenvalue weighted by molar-refractivity contribution is -0.124. The molecule has 4 heteroatoms. The Hall–Kier alpha value is -2.75. The highest BCUT2D eigenvalue weighted by Gasteiger charge is 2.41. The molecule has 1 aliphatic carbocycles. The number of carbonyl (C=O) groups excluding carboxylic acids is 1. The quantitative estimate of drug-likeness (QED) is 0.665. The molecule has 0 amide bonds. The maximum absolute atomic E-state index is 13.3. The number of carbonyl (C=O) groups is 1. The standard InChI is InChI=1S/C26H33N3O/c1-6-29(7-2)19-11-9-18(10-12-19)25-24-22(15-26(4,5)16-23(24)30)27-20-13-8-17(3)14-21(20)28-25/h8-15,24-25,27-28H,6-7,16H2,1-5H3/t24-,25-/m1/s1. The number of anilines is 3. The van der Waals surface area contributed by atoms with Crippen molar-refractivity contribution in [3.8, 4) is 0 Å². The summed E-state index contributed by atoms with van der Waals surface area (Å²) in [6.07, 6.45) is 2.82. The largest absolute Gasteiger partial charge is 0.375 e. The number of allylic oxidation sites excluding steroid dienone is 1. The van der Waals surface area contributed by atoms with Gasteiger partial charge in [-0.3, -0.25) is 4.79 Å². The van der Waals surface area contributed by atoms with Gasteiger partial charge in [0.05, 0.1) is 23.3 Å². The molecule has 2 N–H and O–H groups in total. The highest BCUT2D eigenvalue weighted by molar-refractivity contribution is 5.90. The topological polar surface area (TPSA) is 44.4 Å². The summed E-state index contributed by atoms with van der Waals surface area (Å²) in [4.78, 5) is 15.7. The number of nitrogens with zero attached hydrogens (tertiary/aromatic N) is 1.